The van der Waals surface area contributed by atoms with Gasteiger partial charge in [0.05, 0.1) is 11.6 Å². The van der Waals surface area contributed by atoms with E-state index in [1.165, 1.54) is 10.9 Å². The van der Waals surface area contributed by atoms with E-state index in [9.17, 15) is 0 Å². The molecule has 0 saturated heterocycles. The minimum atomic E-state index is -0.308. The Balaban J connectivity index is 2.49. The molecule has 86 valence electrons. The van der Waals surface area contributed by atoms with Gasteiger partial charge in [0.15, 0.2) is 11.6 Å². The van der Waals surface area contributed by atoms with Gasteiger partial charge < -0.3 is 11.5 Å². The normalized spacial score (nSPS) is 12.1. The lowest BCUT2D eigenvalue weighted by atomic mass is 10.3. The van der Waals surface area contributed by atoms with Gasteiger partial charge in [-0.05, 0) is 19.1 Å². The summed E-state index contributed by atoms with van der Waals surface area (Å²) in [4.78, 5) is 8.13. The molecular formula is C10H11N7. The second kappa shape index (κ2) is 4.19. The van der Waals surface area contributed by atoms with Crippen molar-refractivity contribution in [1.82, 2.24) is 19.7 Å². The highest BCUT2D eigenvalue weighted by atomic mass is 15.4. The lowest BCUT2D eigenvalue weighted by molar-refractivity contribution is 0.681. The molecule has 0 fully saturated rings. The largest absolute Gasteiger partial charge is 0.366 e. The molecule has 0 bridgehead atoms. The Morgan fingerprint density at radius 3 is 2.76 bits per heavy atom. The first-order valence-corrected chi connectivity index (χ1v) is 4.96. The molecule has 4 N–H and O–H groups in total. The van der Waals surface area contributed by atoms with E-state index in [-0.39, 0.29) is 12.0 Å². The number of rotatable bonds is 2. The van der Waals surface area contributed by atoms with Gasteiger partial charge in [-0.3, -0.25) is 0 Å². The molecule has 7 heteroatoms. The molecule has 0 aliphatic rings. The number of anilines is 1. The molecule has 0 radical (unpaired) electrons. The van der Waals surface area contributed by atoms with E-state index in [1.54, 1.807) is 19.1 Å². The molecule has 2 heterocycles. The predicted octanol–water partition coefficient (Wildman–Crippen LogP) is 0.136. The van der Waals surface area contributed by atoms with E-state index in [4.69, 9.17) is 16.7 Å². The maximum atomic E-state index is 8.68. The Kier molecular flexibility index (Phi) is 2.72. The topological polar surface area (TPSA) is 119 Å². The van der Waals surface area contributed by atoms with E-state index in [2.05, 4.69) is 15.1 Å². The zero-order chi connectivity index (χ0) is 12.4. The van der Waals surface area contributed by atoms with E-state index in [1.807, 2.05) is 6.07 Å². The molecule has 7 nitrogen and oxygen atoms in total. The number of hydrogen-bond acceptors (Lipinski definition) is 6. The van der Waals surface area contributed by atoms with Crippen LogP contribution in [0.4, 0.5) is 5.95 Å². The van der Waals surface area contributed by atoms with E-state index >= 15 is 0 Å². The average Bonchev–Trinajstić information content (AvgIpc) is 2.72. The highest BCUT2D eigenvalue weighted by Gasteiger charge is 2.14. The molecule has 0 amide bonds. The second-order valence-electron chi connectivity index (χ2n) is 3.55. The van der Waals surface area contributed by atoms with Crippen molar-refractivity contribution in [1.29, 1.82) is 5.26 Å². The second-order valence-corrected chi connectivity index (χ2v) is 3.55. The zero-order valence-electron chi connectivity index (χ0n) is 9.20. The van der Waals surface area contributed by atoms with Crippen LogP contribution in [0.25, 0.3) is 5.82 Å². The van der Waals surface area contributed by atoms with Crippen molar-refractivity contribution in [2.24, 2.45) is 5.73 Å². The van der Waals surface area contributed by atoms with E-state index in [0.29, 0.717) is 17.2 Å². The SMILES string of the molecule is CC(N)c1nc(N)nn1-c1ccc(C#N)cn1. The molecule has 2 aromatic rings. The maximum absolute atomic E-state index is 8.68. The third kappa shape index (κ3) is 2.07. The van der Waals surface area contributed by atoms with Crippen LogP contribution >= 0.6 is 0 Å². The molecule has 2 aromatic heterocycles. The first kappa shape index (κ1) is 11.0. The van der Waals surface area contributed by atoms with Crippen LogP contribution in [0.2, 0.25) is 0 Å². The quantitative estimate of drug-likeness (QED) is 0.755. The summed E-state index contributed by atoms with van der Waals surface area (Å²) < 4.78 is 1.47. The van der Waals surface area contributed by atoms with Crippen molar-refractivity contribution in [3.05, 3.63) is 29.7 Å². The molecular weight excluding hydrogens is 218 g/mol. The van der Waals surface area contributed by atoms with Gasteiger partial charge in [0.1, 0.15) is 6.07 Å². The summed E-state index contributed by atoms with van der Waals surface area (Å²) in [6, 6.07) is 4.99. The van der Waals surface area contributed by atoms with Crippen molar-refractivity contribution in [3.63, 3.8) is 0 Å². The zero-order valence-corrected chi connectivity index (χ0v) is 9.20. The Bertz CT molecular complexity index is 561. The fraction of sp³-hybridized carbons (Fsp3) is 0.200. The maximum Gasteiger partial charge on any atom is 0.240 e. The van der Waals surface area contributed by atoms with Gasteiger partial charge in [-0.15, -0.1) is 5.10 Å². The number of pyridine rings is 1. The fourth-order valence-electron chi connectivity index (χ4n) is 1.38. The van der Waals surface area contributed by atoms with Gasteiger partial charge in [-0.2, -0.15) is 14.9 Å². The Morgan fingerprint density at radius 1 is 1.47 bits per heavy atom. The molecule has 2 rings (SSSR count). The van der Waals surface area contributed by atoms with Crippen molar-refractivity contribution >= 4 is 5.95 Å². The Labute approximate surface area is 97.7 Å². The number of nitrogens with zero attached hydrogens (tertiary/aromatic N) is 5. The molecule has 0 saturated carbocycles. The molecule has 0 spiro atoms. The standard InChI is InChI=1S/C10H11N7/c1-6(12)9-15-10(13)16-17(9)8-3-2-7(4-11)5-14-8/h2-3,5-6H,12H2,1H3,(H2,13,16). The monoisotopic (exact) mass is 229 g/mol. The fourth-order valence-corrected chi connectivity index (χ4v) is 1.38. The first-order valence-electron chi connectivity index (χ1n) is 4.96. The summed E-state index contributed by atoms with van der Waals surface area (Å²) >= 11 is 0. The summed E-state index contributed by atoms with van der Waals surface area (Å²) in [6.45, 7) is 1.78. The van der Waals surface area contributed by atoms with Crippen LogP contribution in [0, 0.1) is 11.3 Å². The van der Waals surface area contributed by atoms with Gasteiger partial charge in [0, 0.05) is 6.20 Å². The predicted molar refractivity (Wildman–Crippen MR) is 60.9 cm³/mol. The minimum absolute atomic E-state index is 0.142. The van der Waals surface area contributed by atoms with E-state index in [0.717, 1.165) is 0 Å². The van der Waals surface area contributed by atoms with Gasteiger partial charge in [-0.1, -0.05) is 0 Å². The van der Waals surface area contributed by atoms with Crippen LogP contribution in [0.3, 0.4) is 0 Å². The summed E-state index contributed by atoms with van der Waals surface area (Å²) in [5.41, 5.74) is 11.8. The number of nitrogens with two attached hydrogens (primary N) is 2. The van der Waals surface area contributed by atoms with Crippen LogP contribution in [0.5, 0.6) is 0 Å². The smallest absolute Gasteiger partial charge is 0.240 e. The van der Waals surface area contributed by atoms with Crippen molar-refractivity contribution in [2.45, 2.75) is 13.0 Å². The summed E-state index contributed by atoms with van der Waals surface area (Å²) in [7, 11) is 0. The van der Waals surface area contributed by atoms with Crippen LogP contribution in [0.15, 0.2) is 18.3 Å². The Hall–Kier alpha value is -2.46. The van der Waals surface area contributed by atoms with Gasteiger partial charge in [0.25, 0.3) is 0 Å². The summed E-state index contributed by atoms with van der Waals surface area (Å²) in [6.07, 6.45) is 1.46. The molecule has 0 aliphatic carbocycles. The van der Waals surface area contributed by atoms with Crippen LogP contribution in [0.1, 0.15) is 24.4 Å². The molecule has 0 aliphatic heterocycles. The van der Waals surface area contributed by atoms with Crippen molar-refractivity contribution < 1.29 is 0 Å². The van der Waals surface area contributed by atoms with Crippen LogP contribution in [-0.2, 0) is 0 Å². The molecule has 1 unspecified atom stereocenters. The van der Waals surface area contributed by atoms with Crippen LogP contribution in [-0.4, -0.2) is 19.7 Å². The number of nitriles is 1. The van der Waals surface area contributed by atoms with Gasteiger partial charge in [-0.25, -0.2) is 4.98 Å². The molecule has 0 aromatic carbocycles. The average molecular weight is 229 g/mol. The number of aromatic nitrogens is 4. The highest BCUT2D eigenvalue weighted by molar-refractivity contribution is 5.33. The minimum Gasteiger partial charge on any atom is -0.366 e. The van der Waals surface area contributed by atoms with Crippen molar-refractivity contribution in [3.8, 4) is 11.9 Å². The number of nitrogen functional groups attached to an aromatic ring is 1. The van der Waals surface area contributed by atoms with E-state index < -0.39 is 0 Å². The van der Waals surface area contributed by atoms with Gasteiger partial charge in [0.2, 0.25) is 5.95 Å². The lowest BCUT2D eigenvalue weighted by Crippen LogP contribution is -2.14. The van der Waals surface area contributed by atoms with Crippen LogP contribution < -0.4 is 11.5 Å². The molecule has 1 atom stereocenters. The summed E-state index contributed by atoms with van der Waals surface area (Å²) in [5.74, 6) is 1.20. The highest BCUT2D eigenvalue weighted by Crippen LogP contribution is 2.13. The lowest BCUT2D eigenvalue weighted by Gasteiger charge is -2.06. The van der Waals surface area contributed by atoms with Gasteiger partial charge >= 0.3 is 0 Å². The Morgan fingerprint density at radius 2 is 2.24 bits per heavy atom. The number of hydrogen-bond donors (Lipinski definition) is 2. The third-order valence-electron chi connectivity index (χ3n) is 2.15. The van der Waals surface area contributed by atoms with Crippen molar-refractivity contribution in [2.75, 3.05) is 5.73 Å². The third-order valence-corrected chi connectivity index (χ3v) is 2.15. The first-order chi connectivity index (χ1) is 8.11. The molecule has 17 heavy (non-hydrogen) atoms. The summed E-state index contributed by atoms with van der Waals surface area (Å²) in [5, 5.41) is 12.7.